The number of amides is 2. The first kappa shape index (κ1) is 19.4. The molecule has 0 bridgehead atoms. The second-order valence-corrected chi connectivity index (χ2v) is 8.02. The highest BCUT2D eigenvalue weighted by Gasteiger charge is 2.29. The summed E-state index contributed by atoms with van der Waals surface area (Å²) in [5.41, 5.74) is 1.78. The summed E-state index contributed by atoms with van der Waals surface area (Å²) in [4.78, 5) is 26.8. The number of nitrogens with one attached hydrogen (secondary N) is 1. The highest BCUT2D eigenvalue weighted by atomic mass is 16.5. The van der Waals surface area contributed by atoms with Crippen molar-refractivity contribution in [3.05, 3.63) is 35.4 Å². The third-order valence-electron chi connectivity index (χ3n) is 4.46. The first-order valence-electron chi connectivity index (χ1n) is 8.93. The Labute approximate surface area is 150 Å². The molecule has 2 rings (SSSR count). The number of rotatable bonds is 3. The van der Waals surface area contributed by atoms with Crippen LogP contribution in [0.25, 0.3) is 0 Å². The topological polar surface area (TPSA) is 58.6 Å². The van der Waals surface area contributed by atoms with Crippen molar-refractivity contribution in [2.24, 2.45) is 0 Å². The number of hydrogen-bond acceptors (Lipinski definition) is 3. The van der Waals surface area contributed by atoms with Crippen LogP contribution in [0.15, 0.2) is 24.3 Å². The van der Waals surface area contributed by atoms with Crippen LogP contribution < -0.4 is 5.32 Å². The van der Waals surface area contributed by atoms with E-state index < -0.39 is 6.04 Å². The van der Waals surface area contributed by atoms with E-state index in [-0.39, 0.29) is 29.4 Å². The molecule has 1 aliphatic heterocycles. The maximum absolute atomic E-state index is 12.6. The smallest absolute Gasteiger partial charge is 0.251 e. The Morgan fingerprint density at radius 1 is 1.12 bits per heavy atom. The second kappa shape index (κ2) is 7.56. The van der Waals surface area contributed by atoms with Crippen LogP contribution in [0.2, 0.25) is 0 Å². The van der Waals surface area contributed by atoms with Crippen LogP contribution in [0.3, 0.4) is 0 Å². The van der Waals surface area contributed by atoms with Gasteiger partial charge in [-0.05, 0) is 43.9 Å². The van der Waals surface area contributed by atoms with Crippen LogP contribution >= 0.6 is 0 Å². The molecule has 5 nitrogen and oxygen atoms in total. The number of hydrogen-bond donors (Lipinski definition) is 1. The summed E-state index contributed by atoms with van der Waals surface area (Å²) >= 11 is 0. The fourth-order valence-electron chi connectivity index (χ4n) is 3.10. The molecule has 0 radical (unpaired) electrons. The minimum absolute atomic E-state index is 0.0144. The number of carbonyl (C=O) groups is 2. The van der Waals surface area contributed by atoms with Crippen molar-refractivity contribution in [3.8, 4) is 0 Å². The number of nitrogens with zero attached hydrogens (tertiary/aromatic N) is 1. The van der Waals surface area contributed by atoms with E-state index in [4.69, 9.17) is 4.74 Å². The minimum atomic E-state index is -0.563. The lowest BCUT2D eigenvalue weighted by Crippen LogP contribution is -2.54. The molecule has 3 atom stereocenters. The Morgan fingerprint density at radius 3 is 2.12 bits per heavy atom. The van der Waals surface area contributed by atoms with Crippen molar-refractivity contribution in [2.45, 2.75) is 65.2 Å². The lowest BCUT2D eigenvalue weighted by molar-refractivity contribution is -0.144. The van der Waals surface area contributed by atoms with Crippen LogP contribution in [0.5, 0.6) is 0 Å². The lowest BCUT2D eigenvalue weighted by atomic mass is 9.86. The average Bonchev–Trinajstić information content (AvgIpc) is 2.52. The Hall–Kier alpha value is -1.88. The van der Waals surface area contributed by atoms with E-state index in [0.29, 0.717) is 18.7 Å². The van der Waals surface area contributed by atoms with Gasteiger partial charge in [0.05, 0.1) is 12.2 Å². The van der Waals surface area contributed by atoms with E-state index >= 15 is 0 Å². The van der Waals surface area contributed by atoms with E-state index in [0.717, 1.165) is 0 Å². The van der Waals surface area contributed by atoms with E-state index in [1.165, 1.54) is 5.56 Å². The largest absolute Gasteiger partial charge is 0.372 e. The molecule has 1 heterocycles. The van der Waals surface area contributed by atoms with Gasteiger partial charge in [0.2, 0.25) is 5.91 Å². The first-order chi connectivity index (χ1) is 11.6. The minimum Gasteiger partial charge on any atom is -0.372 e. The predicted molar refractivity (Wildman–Crippen MR) is 98.7 cm³/mol. The van der Waals surface area contributed by atoms with Gasteiger partial charge in [0.25, 0.3) is 5.91 Å². The SMILES string of the molecule is CC1CN(C(=O)C(C)NC(=O)c2ccc(C(C)(C)C)cc2)CC(C)O1. The van der Waals surface area contributed by atoms with Crippen molar-refractivity contribution in [3.63, 3.8) is 0 Å². The maximum Gasteiger partial charge on any atom is 0.251 e. The van der Waals surface area contributed by atoms with E-state index in [9.17, 15) is 9.59 Å². The van der Waals surface area contributed by atoms with Crippen molar-refractivity contribution >= 4 is 11.8 Å². The van der Waals surface area contributed by atoms with Gasteiger partial charge in [-0.2, -0.15) is 0 Å². The third kappa shape index (κ3) is 5.05. The van der Waals surface area contributed by atoms with Gasteiger partial charge in [-0.15, -0.1) is 0 Å². The highest BCUT2D eigenvalue weighted by molar-refractivity contribution is 5.97. The quantitative estimate of drug-likeness (QED) is 0.915. The summed E-state index contributed by atoms with van der Waals surface area (Å²) in [5.74, 6) is -0.294. The molecule has 1 aromatic carbocycles. The fourth-order valence-corrected chi connectivity index (χ4v) is 3.10. The zero-order chi connectivity index (χ0) is 18.8. The molecular formula is C20H30N2O3. The molecule has 0 saturated carbocycles. The third-order valence-corrected chi connectivity index (χ3v) is 4.46. The molecule has 0 spiro atoms. The van der Waals surface area contributed by atoms with Crippen LogP contribution in [-0.2, 0) is 14.9 Å². The molecule has 5 heteroatoms. The van der Waals surface area contributed by atoms with E-state index in [1.807, 2.05) is 38.1 Å². The summed E-state index contributed by atoms with van der Waals surface area (Å²) in [7, 11) is 0. The van der Waals surface area contributed by atoms with Crippen LogP contribution in [0.1, 0.15) is 57.5 Å². The predicted octanol–water partition coefficient (Wildman–Crippen LogP) is 2.74. The molecule has 1 aliphatic rings. The van der Waals surface area contributed by atoms with Crippen LogP contribution in [0, 0.1) is 0 Å². The Balaban J connectivity index is 1.98. The highest BCUT2D eigenvalue weighted by Crippen LogP contribution is 2.22. The lowest BCUT2D eigenvalue weighted by Gasteiger charge is -2.36. The molecule has 1 saturated heterocycles. The maximum atomic E-state index is 12.6. The number of ether oxygens (including phenoxy) is 1. The molecule has 2 amide bonds. The normalized spacial score (nSPS) is 22.4. The zero-order valence-electron chi connectivity index (χ0n) is 16.1. The van der Waals surface area contributed by atoms with Gasteiger partial charge in [-0.25, -0.2) is 0 Å². The standard InChI is InChI=1S/C20H30N2O3/c1-13-11-22(12-14(2)25-13)19(24)15(3)21-18(23)16-7-9-17(10-8-16)20(4,5)6/h7-10,13-15H,11-12H2,1-6H3,(H,21,23). The number of carbonyl (C=O) groups excluding carboxylic acids is 2. The first-order valence-corrected chi connectivity index (χ1v) is 8.93. The molecule has 1 aromatic rings. The average molecular weight is 346 g/mol. The molecule has 0 aliphatic carbocycles. The van der Waals surface area contributed by atoms with Gasteiger partial charge in [0.15, 0.2) is 0 Å². The number of morpholine rings is 1. The molecule has 138 valence electrons. The molecule has 3 unspecified atom stereocenters. The summed E-state index contributed by atoms with van der Waals surface area (Å²) in [5, 5.41) is 2.81. The molecule has 25 heavy (non-hydrogen) atoms. The van der Waals surface area contributed by atoms with E-state index in [2.05, 4.69) is 26.1 Å². The van der Waals surface area contributed by atoms with Crippen molar-refractivity contribution in [1.29, 1.82) is 0 Å². The van der Waals surface area contributed by atoms with Crippen molar-refractivity contribution < 1.29 is 14.3 Å². The van der Waals surface area contributed by atoms with Crippen molar-refractivity contribution in [1.82, 2.24) is 10.2 Å². The summed E-state index contributed by atoms with van der Waals surface area (Å²) in [6.07, 6.45) is 0.0288. The Bertz CT molecular complexity index is 609. The summed E-state index contributed by atoms with van der Waals surface area (Å²) in [6.45, 7) is 13.2. The Kier molecular flexibility index (Phi) is 5.88. The van der Waals surface area contributed by atoms with Gasteiger partial charge < -0.3 is 15.0 Å². The summed E-state index contributed by atoms with van der Waals surface area (Å²) in [6, 6.07) is 6.99. The second-order valence-electron chi connectivity index (χ2n) is 8.02. The van der Waals surface area contributed by atoms with Gasteiger partial charge in [0.1, 0.15) is 6.04 Å². The van der Waals surface area contributed by atoms with Gasteiger partial charge in [0, 0.05) is 18.7 Å². The summed E-state index contributed by atoms with van der Waals surface area (Å²) < 4.78 is 5.65. The van der Waals surface area contributed by atoms with Crippen molar-refractivity contribution in [2.75, 3.05) is 13.1 Å². The van der Waals surface area contributed by atoms with Crippen LogP contribution in [0.4, 0.5) is 0 Å². The van der Waals surface area contributed by atoms with Crippen LogP contribution in [-0.4, -0.2) is 48.1 Å². The van der Waals surface area contributed by atoms with E-state index in [1.54, 1.807) is 11.8 Å². The van der Waals surface area contributed by atoms with Gasteiger partial charge in [-0.1, -0.05) is 32.9 Å². The Morgan fingerprint density at radius 2 is 1.64 bits per heavy atom. The fraction of sp³-hybridized carbons (Fsp3) is 0.600. The van der Waals surface area contributed by atoms with Gasteiger partial charge in [-0.3, -0.25) is 9.59 Å². The molecular weight excluding hydrogens is 316 g/mol. The number of benzene rings is 1. The molecule has 0 aromatic heterocycles. The van der Waals surface area contributed by atoms with Gasteiger partial charge >= 0.3 is 0 Å². The zero-order valence-corrected chi connectivity index (χ0v) is 16.1. The molecule has 1 N–H and O–H groups in total. The molecule has 1 fully saturated rings. The monoisotopic (exact) mass is 346 g/mol.